The third kappa shape index (κ3) is 6.19. The monoisotopic (exact) mass is 482 g/mol. The topological polar surface area (TPSA) is 51.1 Å². The molecule has 2 aromatic rings. The number of ether oxygens (including phenoxy) is 1. The van der Waals surface area contributed by atoms with E-state index in [2.05, 4.69) is 20.5 Å². The summed E-state index contributed by atoms with van der Waals surface area (Å²) in [5.74, 6) is -0.0410. The van der Waals surface area contributed by atoms with Gasteiger partial charge in [-0.1, -0.05) is 17.7 Å². The van der Waals surface area contributed by atoms with Crippen molar-refractivity contribution in [3.63, 3.8) is 0 Å². The summed E-state index contributed by atoms with van der Waals surface area (Å²) in [7, 11) is 0. The van der Waals surface area contributed by atoms with Crippen molar-refractivity contribution in [1.82, 2.24) is 15.1 Å². The molecule has 31 heavy (non-hydrogen) atoms. The summed E-state index contributed by atoms with van der Waals surface area (Å²) in [6, 6.07) is 4.73. The Kier molecular flexibility index (Phi) is 7.25. The van der Waals surface area contributed by atoms with Crippen LogP contribution in [0.15, 0.2) is 18.2 Å². The lowest BCUT2D eigenvalue weighted by Gasteiger charge is -2.15. The maximum Gasteiger partial charge on any atom is 0.436 e. The first-order chi connectivity index (χ1) is 14.6. The van der Waals surface area contributed by atoms with E-state index in [-0.39, 0.29) is 34.0 Å². The molecule has 1 aliphatic carbocycles. The molecule has 170 valence electrons. The van der Waals surface area contributed by atoms with Crippen molar-refractivity contribution in [3.8, 4) is 5.75 Å². The number of rotatable bonds is 8. The first-order valence-electron chi connectivity index (χ1n) is 9.50. The number of halogens is 6. The first kappa shape index (κ1) is 23.5. The van der Waals surface area contributed by atoms with Crippen molar-refractivity contribution >= 4 is 34.6 Å². The van der Waals surface area contributed by atoms with Gasteiger partial charge in [0.1, 0.15) is 5.75 Å². The zero-order valence-corrected chi connectivity index (χ0v) is 18.0. The van der Waals surface area contributed by atoms with E-state index in [1.807, 2.05) is 0 Å². The second-order valence-corrected chi connectivity index (χ2v) is 7.94. The average Bonchev–Trinajstić information content (AvgIpc) is 3.43. The molecule has 2 N–H and O–H groups in total. The van der Waals surface area contributed by atoms with E-state index >= 15 is 0 Å². The Balaban J connectivity index is 1.56. The second kappa shape index (κ2) is 9.56. The Labute approximate surface area is 185 Å². The van der Waals surface area contributed by atoms with Crippen LogP contribution in [0.5, 0.6) is 5.75 Å². The van der Waals surface area contributed by atoms with E-state index in [0.717, 1.165) is 18.4 Å². The lowest BCUT2D eigenvalue weighted by Crippen LogP contribution is -2.30. The molecule has 1 saturated carbocycles. The van der Waals surface area contributed by atoms with E-state index < -0.39 is 18.5 Å². The number of nitrogens with zero attached hydrogens (tertiary/aromatic N) is 2. The van der Waals surface area contributed by atoms with Crippen LogP contribution in [0.4, 0.5) is 27.6 Å². The molecule has 12 heteroatoms. The minimum atomic E-state index is -4.61. The van der Waals surface area contributed by atoms with E-state index in [1.54, 1.807) is 19.1 Å². The maximum atomic E-state index is 13.1. The van der Waals surface area contributed by atoms with Crippen molar-refractivity contribution in [2.45, 2.75) is 51.4 Å². The van der Waals surface area contributed by atoms with Gasteiger partial charge in [0.15, 0.2) is 10.8 Å². The number of hydrogen-bond donors (Lipinski definition) is 2. The standard InChI is InChI=1S/C19H20ClF5N4OS/c1-10-3-6-12(13(9-10)30-17(21)22)27-18(31)26-7-2-8-29-15(11-4-5-11)14(20)16(28-29)19(23,24)25/h3,6,9,11,17H,2,4-5,7-8H2,1H3,(H2,26,27,31). The fraction of sp³-hybridized carbons (Fsp3) is 0.474. The lowest BCUT2D eigenvalue weighted by molar-refractivity contribution is -0.141. The van der Waals surface area contributed by atoms with Gasteiger partial charge in [-0.3, -0.25) is 4.68 Å². The van der Waals surface area contributed by atoms with Crippen LogP contribution in [0.3, 0.4) is 0 Å². The van der Waals surface area contributed by atoms with Crippen LogP contribution in [-0.4, -0.2) is 28.0 Å². The number of aromatic nitrogens is 2. The second-order valence-electron chi connectivity index (χ2n) is 7.16. The summed E-state index contributed by atoms with van der Waals surface area (Å²) >= 11 is 11.1. The molecule has 0 unspecified atom stereocenters. The molecule has 0 bridgehead atoms. The molecule has 0 amide bonds. The molecule has 0 saturated heterocycles. The summed E-state index contributed by atoms with van der Waals surface area (Å²) in [6.07, 6.45) is -2.62. The smallest absolute Gasteiger partial charge is 0.433 e. The van der Waals surface area contributed by atoms with Gasteiger partial charge < -0.3 is 15.4 Å². The van der Waals surface area contributed by atoms with Gasteiger partial charge in [-0.2, -0.15) is 27.1 Å². The van der Waals surface area contributed by atoms with Gasteiger partial charge in [0, 0.05) is 19.0 Å². The summed E-state index contributed by atoms with van der Waals surface area (Å²) in [5.41, 5.74) is 0.367. The van der Waals surface area contributed by atoms with E-state index in [1.165, 1.54) is 10.7 Å². The van der Waals surface area contributed by atoms with E-state index in [4.69, 9.17) is 23.8 Å². The third-order valence-corrected chi connectivity index (χ3v) is 5.22. The number of thiocarbonyl (C=S) groups is 1. The number of alkyl halides is 5. The SMILES string of the molecule is Cc1ccc(NC(=S)NCCCn2nc(C(F)(F)F)c(Cl)c2C2CC2)c(OC(F)F)c1. The van der Waals surface area contributed by atoms with Gasteiger partial charge in [0.25, 0.3) is 0 Å². The highest BCUT2D eigenvalue weighted by atomic mass is 35.5. The fourth-order valence-corrected chi connectivity index (χ4v) is 3.68. The summed E-state index contributed by atoms with van der Waals surface area (Å²) < 4.78 is 70.3. The normalized spacial score (nSPS) is 14.1. The van der Waals surface area contributed by atoms with E-state index in [9.17, 15) is 22.0 Å². The molecular formula is C19H20ClF5N4OS. The Morgan fingerprint density at radius 2 is 2.06 bits per heavy atom. The molecular weight excluding hydrogens is 463 g/mol. The molecule has 5 nitrogen and oxygen atoms in total. The average molecular weight is 483 g/mol. The minimum Gasteiger partial charge on any atom is -0.433 e. The van der Waals surface area contributed by atoms with Crippen LogP contribution in [0, 0.1) is 6.92 Å². The highest BCUT2D eigenvalue weighted by molar-refractivity contribution is 7.80. The Morgan fingerprint density at radius 3 is 2.68 bits per heavy atom. The lowest BCUT2D eigenvalue weighted by atomic mass is 10.2. The van der Waals surface area contributed by atoms with Crippen LogP contribution in [-0.2, 0) is 12.7 Å². The molecule has 3 rings (SSSR count). The molecule has 1 aromatic heterocycles. The Hall–Kier alpha value is -2.14. The van der Waals surface area contributed by atoms with Gasteiger partial charge in [-0.05, 0) is 56.1 Å². The Morgan fingerprint density at radius 1 is 1.35 bits per heavy atom. The molecule has 1 aromatic carbocycles. The number of anilines is 1. The van der Waals surface area contributed by atoms with Crippen LogP contribution in [0.2, 0.25) is 5.02 Å². The number of aryl methyl sites for hydroxylation is 2. The van der Waals surface area contributed by atoms with Gasteiger partial charge >= 0.3 is 12.8 Å². The van der Waals surface area contributed by atoms with Crippen molar-refractivity contribution in [2.24, 2.45) is 0 Å². The quantitative estimate of drug-likeness (QED) is 0.286. The molecule has 0 spiro atoms. The highest BCUT2D eigenvalue weighted by Gasteiger charge is 2.41. The van der Waals surface area contributed by atoms with E-state index in [0.29, 0.717) is 18.7 Å². The fourth-order valence-electron chi connectivity index (χ4n) is 3.07. The maximum absolute atomic E-state index is 13.1. The minimum absolute atomic E-state index is 0.00148. The molecule has 1 aliphatic rings. The predicted molar refractivity (Wildman–Crippen MR) is 111 cm³/mol. The van der Waals surface area contributed by atoms with Crippen LogP contribution >= 0.6 is 23.8 Å². The summed E-state index contributed by atoms with van der Waals surface area (Å²) in [6.45, 7) is -0.694. The van der Waals surface area contributed by atoms with Crippen molar-refractivity contribution in [1.29, 1.82) is 0 Å². The van der Waals surface area contributed by atoms with Crippen molar-refractivity contribution in [2.75, 3.05) is 11.9 Å². The molecule has 0 radical (unpaired) electrons. The van der Waals surface area contributed by atoms with Gasteiger partial charge in [-0.15, -0.1) is 0 Å². The Bertz CT molecular complexity index is 946. The summed E-state index contributed by atoms with van der Waals surface area (Å²) in [5, 5.41) is 9.19. The number of hydrogen-bond acceptors (Lipinski definition) is 3. The highest BCUT2D eigenvalue weighted by Crippen LogP contribution is 2.46. The predicted octanol–water partition coefficient (Wildman–Crippen LogP) is 5.72. The number of benzene rings is 1. The van der Waals surface area contributed by atoms with Crippen molar-refractivity contribution < 1.29 is 26.7 Å². The molecule has 1 fully saturated rings. The molecule has 0 aliphatic heterocycles. The zero-order valence-electron chi connectivity index (χ0n) is 16.4. The number of nitrogens with one attached hydrogen (secondary N) is 2. The van der Waals surface area contributed by atoms with Crippen molar-refractivity contribution in [3.05, 3.63) is 40.2 Å². The third-order valence-electron chi connectivity index (χ3n) is 4.60. The van der Waals surface area contributed by atoms with Crippen LogP contribution in [0.1, 0.15) is 42.1 Å². The summed E-state index contributed by atoms with van der Waals surface area (Å²) in [4.78, 5) is 0. The van der Waals surface area contributed by atoms with Crippen LogP contribution in [0.25, 0.3) is 0 Å². The van der Waals surface area contributed by atoms with Gasteiger partial charge in [-0.25, -0.2) is 0 Å². The van der Waals surface area contributed by atoms with Gasteiger partial charge in [0.2, 0.25) is 0 Å². The molecule has 0 atom stereocenters. The van der Waals surface area contributed by atoms with Crippen LogP contribution < -0.4 is 15.4 Å². The molecule has 1 heterocycles. The largest absolute Gasteiger partial charge is 0.436 e. The first-order valence-corrected chi connectivity index (χ1v) is 10.3. The zero-order chi connectivity index (χ0) is 22.8. The van der Waals surface area contributed by atoms with Gasteiger partial charge in [0.05, 0.1) is 16.4 Å².